The second kappa shape index (κ2) is 3.01. The number of benzene rings is 2. The Morgan fingerprint density at radius 2 is 1.81 bits per heavy atom. The molecule has 0 amide bonds. The van der Waals surface area contributed by atoms with E-state index in [-0.39, 0.29) is 0 Å². The third-order valence-corrected chi connectivity index (χ3v) is 3.31. The van der Waals surface area contributed by atoms with Crippen LogP contribution in [-0.2, 0) is 0 Å². The zero-order valence-corrected chi connectivity index (χ0v) is 9.46. The summed E-state index contributed by atoms with van der Waals surface area (Å²) in [4.78, 5) is 3.43. The van der Waals surface area contributed by atoms with Crippen molar-refractivity contribution in [3.05, 3.63) is 41.5 Å². The number of anilines is 1. The number of H-pyrrole nitrogens is 1. The van der Waals surface area contributed by atoms with Gasteiger partial charge in [0.1, 0.15) is 0 Å². The highest BCUT2D eigenvalue weighted by molar-refractivity contribution is 6.09. The van der Waals surface area contributed by atoms with Crippen LogP contribution in [0.5, 0.6) is 0 Å². The lowest BCUT2D eigenvalue weighted by atomic mass is 10.0. The van der Waals surface area contributed by atoms with E-state index in [1.807, 2.05) is 6.07 Å². The van der Waals surface area contributed by atoms with Gasteiger partial charge in [0.05, 0.1) is 5.52 Å². The number of fused-ring (bicyclic) bond motifs is 3. The van der Waals surface area contributed by atoms with Crippen molar-refractivity contribution >= 4 is 27.5 Å². The molecule has 0 radical (unpaired) electrons. The first-order valence-corrected chi connectivity index (χ1v) is 5.44. The third kappa shape index (κ3) is 1.07. The Morgan fingerprint density at radius 1 is 1.06 bits per heavy atom. The zero-order valence-electron chi connectivity index (χ0n) is 9.46. The zero-order chi connectivity index (χ0) is 11.3. The number of aromatic amines is 1. The van der Waals surface area contributed by atoms with Crippen LogP contribution in [0.4, 0.5) is 5.69 Å². The van der Waals surface area contributed by atoms with E-state index >= 15 is 0 Å². The molecular weight excluding hydrogens is 196 g/mol. The van der Waals surface area contributed by atoms with Crippen LogP contribution in [0.2, 0.25) is 0 Å². The fourth-order valence-electron chi connectivity index (χ4n) is 2.33. The summed E-state index contributed by atoms with van der Waals surface area (Å²) in [6.07, 6.45) is 0. The first kappa shape index (κ1) is 9.28. The second-order valence-corrected chi connectivity index (χ2v) is 4.33. The van der Waals surface area contributed by atoms with E-state index in [1.165, 1.54) is 16.3 Å². The highest BCUT2D eigenvalue weighted by atomic mass is 14.7. The summed E-state index contributed by atoms with van der Waals surface area (Å²) >= 11 is 0. The van der Waals surface area contributed by atoms with E-state index in [1.54, 1.807) is 0 Å². The number of aromatic nitrogens is 1. The van der Waals surface area contributed by atoms with Gasteiger partial charge >= 0.3 is 0 Å². The average Bonchev–Trinajstić information content (AvgIpc) is 2.65. The molecule has 0 aliphatic heterocycles. The van der Waals surface area contributed by atoms with E-state index in [0.29, 0.717) is 0 Å². The maximum Gasteiger partial charge on any atom is 0.0515 e. The van der Waals surface area contributed by atoms with E-state index in [2.05, 4.69) is 43.1 Å². The minimum atomic E-state index is 0.888. The normalized spacial score (nSPS) is 11.4. The van der Waals surface area contributed by atoms with Crippen LogP contribution in [-0.4, -0.2) is 4.98 Å². The van der Waals surface area contributed by atoms with Crippen LogP contribution in [0.3, 0.4) is 0 Å². The van der Waals surface area contributed by atoms with Crippen molar-refractivity contribution in [2.75, 3.05) is 5.73 Å². The highest BCUT2D eigenvalue weighted by Gasteiger charge is 2.09. The topological polar surface area (TPSA) is 41.8 Å². The van der Waals surface area contributed by atoms with Crippen molar-refractivity contribution in [1.82, 2.24) is 4.98 Å². The molecule has 0 saturated heterocycles. The summed E-state index contributed by atoms with van der Waals surface area (Å²) in [5.41, 5.74) is 11.6. The summed E-state index contributed by atoms with van der Waals surface area (Å²) in [6.45, 7) is 4.13. The molecule has 0 bridgehead atoms. The largest absolute Gasteiger partial charge is 0.398 e. The van der Waals surface area contributed by atoms with Gasteiger partial charge in [-0.2, -0.15) is 0 Å². The van der Waals surface area contributed by atoms with Gasteiger partial charge in [-0.3, -0.25) is 0 Å². The van der Waals surface area contributed by atoms with Gasteiger partial charge in [0.2, 0.25) is 0 Å². The molecule has 3 aromatic rings. The Morgan fingerprint density at radius 3 is 2.62 bits per heavy atom. The van der Waals surface area contributed by atoms with Crippen LogP contribution in [0.15, 0.2) is 30.3 Å². The van der Waals surface area contributed by atoms with Crippen LogP contribution in [0.25, 0.3) is 21.8 Å². The lowest BCUT2D eigenvalue weighted by molar-refractivity contribution is 1.40. The molecule has 0 atom stereocenters. The van der Waals surface area contributed by atoms with Crippen molar-refractivity contribution in [1.29, 1.82) is 0 Å². The molecule has 3 N–H and O–H groups in total. The Hall–Kier alpha value is -1.96. The smallest absolute Gasteiger partial charge is 0.0515 e. The quantitative estimate of drug-likeness (QED) is 0.548. The van der Waals surface area contributed by atoms with Gasteiger partial charge in [0.25, 0.3) is 0 Å². The Labute approximate surface area is 94.1 Å². The molecule has 3 rings (SSSR count). The van der Waals surface area contributed by atoms with Gasteiger partial charge in [-0.15, -0.1) is 0 Å². The summed E-state index contributed by atoms with van der Waals surface area (Å²) in [7, 11) is 0. The Kier molecular flexibility index (Phi) is 1.75. The molecule has 1 aromatic heterocycles. The highest BCUT2D eigenvalue weighted by Crippen LogP contribution is 2.32. The Bertz CT molecular complexity index is 693. The minimum Gasteiger partial charge on any atom is -0.398 e. The molecular formula is C14H14N2. The number of hydrogen-bond acceptors (Lipinski definition) is 1. The molecule has 0 saturated carbocycles. The summed E-state index contributed by atoms with van der Waals surface area (Å²) in [5, 5.41) is 2.53. The van der Waals surface area contributed by atoms with Gasteiger partial charge in [0.15, 0.2) is 0 Å². The average molecular weight is 210 g/mol. The number of aryl methyl sites for hydroxylation is 2. The van der Waals surface area contributed by atoms with Crippen molar-refractivity contribution in [2.45, 2.75) is 13.8 Å². The minimum absolute atomic E-state index is 0.888. The van der Waals surface area contributed by atoms with Crippen molar-refractivity contribution in [3.8, 4) is 0 Å². The van der Waals surface area contributed by atoms with Gasteiger partial charge in [-0.1, -0.05) is 18.2 Å². The molecule has 0 aliphatic rings. The summed E-state index contributed by atoms with van der Waals surface area (Å²) in [6, 6.07) is 10.5. The van der Waals surface area contributed by atoms with E-state index < -0.39 is 0 Å². The van der Waals surface area contributed by atoms with Crippen LogP contribution < -0.4 is 5.73 Å². The standard InChI is InChI=1S/C14H14N2/c1-8-7-11-10-5-3-4-6-12(10)16-14(11)9(2)13(8)15/h3-7,16H,15H2,1-2H3. The number of nitrogens with two attached hydrogens (primary N) is 1. The lowest BCUT2D eigenvalue weighted by Gasteiger charge is -2.05. The molecule has 0 spiro atoms. The number of nitrogen functional groups attached to an aromatic ring is 1. The number of para-hydroxylation sites is 1. The van der Waals surface area contributed by atoms with E-state index in [4.69, 9.17) is 5.73 Å². The van der Waals surface area contributed by atoms with Gasteiger partial charge in [-0.25, -0.2) is 0 Å². The molecule has 2 heteroatoms. The fourth-order valence-corrected chi connectivity index (χ4v) is 2.33. The van der Waals surface area contributed by atoms with Gasteiger partial charge < -0.3 is 10.7 Å². The second-order valence-electron chi connectivity index (χ2n) is 4.33. The number of rotatable bonds is 0. The predicted octanol–water partition coefficient (Wildman–Crippen LogP) is 3.52. The van der Waals surface area contributed by atoms with Gasteiger partial charge in [-0.05, 0) is 37.1 Å². The van der Waals surface area contributed by atoms with Crippen LogP contribution >= 0.6 is 0 Å². The lowest BCUT2D eigenvalue weighted by Crippen LogP contribution is -1.93. The van der Waals surface area contributed by atoms with Crippen molar-refractivity contribution < 1.29 is 0 Å². The Balaban J connectivity index is 2.60. The molecule has 80 valence electrons. The first-order valence-electron chi connectivity index (χ1n) is 5.44. The maximum atomic E-state index is 6.05. The molecule has 1 heterocycles. The molecule has 0 unspecified atom stereocenters. The fraction of sp³-hybridized carbons (Fsp3) is 0.143. The van der Waals surface area contributed by atoms with E-state index in [0.717, 1.165) is 22.3 Å². The predicted molar refractivity (Wildman–Crippen MR) is 69.7 cm³/mol. The number of nitrogens with one attached hydrogen (secondary N) is 1. The first-order chi connectivity index (χ1) is 7.68. The maximum absolute atomic E-state index is 6.05. The number of hydrogen-bond donors (Lipinski definition) is 2. The van der Waals surface area contributed by atoms with Gasteiger partial charge in [0, 0.05) is 22.0 Å². The summed E-state index contributed by atoms with van der Waals surface area (Å²) in [5.74, 6) is 0. The van der Waals surface area contributed by atoms with Crippen LogP contribution in [0.1, 0.15) is 11.1 Å². The van der Waals surface area contributed by atoms with E-state index in [9.17, 15) is 0 Å². The van der Waals surface area contributed by atoms with Crippen LogP contribution in [0, 0.1) is 13.8 Å². The third-order valence-electron chi connectivity index (χ3n) is 3.31. The molecule has 0 fully saturated rings. The molecule has 2 nitrogen and oxygen atoms in total. The van der Waals surface area contributed by atoms with Crippen molar-refractivity contribution in [2.24, 2.45) is 0 Å². The SMILES string of the molecule is Cc1cc2c([nH]c3ccccc32)c(C)c1N. The molecule has 0 aliphatic carbocycles. The molecule has 2 aromatic carbocycles. The van der Waals surface area contributed by atoms with Crippen molar-refractivity contribution in [3.63, 3.8) is 0 Å². The monoisotopic (exact) mass is 210 g/mol. The summed E-state index contributed by atoms with van der Waals surface area (Å²) < 4.78 is 0. The molecule has 16 heavy (non-hydrogen) atoms.